The summed E-state index contributed by atoms with van der Waals surface area (Å²) >= 11 is 0. The van der Waals surface area contributed by atoms with Crippen molar-refractivity contribution in [3.05, 3.63) is 11.6 Å². The number of hydrogen-bond donors (Lipinski definition) is 16. The summed E-state index contributed by atoms with van der Waals surface area (Å²) in [7, 11) is 0. The Balaban J connectivity index is 0.821. The minimum Gasteiger partial charge on any atom is -0.432 e. The first kappa shape index (κ1) is 71.4. The molecule has 4 saturated carbocycles. The van der Waals surface area contributed by atoms with Gasteiger partial charge in [0.2, 0.25) is 6.29 Å². The zero-order valence-electron chi connectivity index (χ0n) is 53.5. The highest BCUT2D eigenvalue weighted by Crippen LogP contribution is 2.76. The van der Waals surface area contributed by atoms with Crippen LogP contribution in [0.3, 0.4) is 0 Å². The Morgan fingerprint density at radius 1 is 0.489 bits per heavy atom. The van der Waals surface area contributed by atoms with E-state index in [0.29, 0.717) is 44.9 Å². The zero-order chi connectivity index (χ0) is 66.9. The van der Waals surface area contributed by atoms with Crippen molar-refractivity contribution < 1.29 is 143 Å². The first-order valence-electron chi connectivity index (χ1n) is 32.9. The van der Waals surface area contributed by atoms with Crippen LogP contribution in [-0.4, -0.2) is 293 Å². The maximum absolute atomic E-state index is 15.6. The van der Waals surface area contributed by atoms with E-state index in [1.165, 1.54) is 12.5 Å². The minimum atomic E-state index is -1.96. The molecule has 10 fully saturated rings. The SMILES string of the molecule is C[C@@H]1O[C@@H](O[C@H]2[C@H](OC(=O)[C@]34CCC(C)(C)C[C@H]3C3=CC[C@@H]5[C@@]6(C)CC[C@H](O[C@@H]7O[C@H](CO)[C@@H](O)[C@H](O)[C@H]7O[C@@H]7O[C@H](CO)[C@@H](O)[C@H](O)[C@H]7O)C(C)(C)[C@@H]6CC[C@@]5(C)[C@]3(C)CC4)OC[C@H](O)[C@@H]2O)[C@H](O)[C@H](O[C@@H]2OC[C@@H](O)[C@H](O)[C@H]2O)[C@H]1O[C@@H]1OC[C@@H](O)[C@H](O)[C@H]1O. The van der Waals surface area contributed by atoms with Crippen molar-refractivity contribution in [3.8, 4) is 0 Å². The van der Waals surface area contributed by atoms with Gasteiger partial charge in [-0.3, -0.25) is 4.79 Å². The number of carbonyl (C=O) groups excluding carboxylic acids is 1. The lowest BCUT2D eigenvalue weighted by atomic mass is 9.33. The maximum Gasteiger partial charge on any atom is 0.315 e. The normalized spacial score (nSPS) is 54.3. The van der Waals surface area contributed by atoms with Crippen molar-refractivity contribution in [1.82, 2.24) is 0 Å². The van der Waals surface area contributed by atoms with Gasteiger partial charge in [0.05, 0.1) is 50.7 Å². The lowest BCUT2D eigenvalue weighted by molar-refractivity contribution is -0.388. The maximum atomic E-state index is 15.6. The van der Waals surface area contributed by atoms with Crippen LogP contribution in [-0.2, 0) is 61.6 Å². The van der Waals surface area contributed by atoms with Crippen LogP contribution in [0.25, 0.3) is 0 Å². The van der Waals surface area contributed by atoms with Crippen molar-refractivity contribution in [1.29, 1.82) is 0 Å². The number of rotatable bonds is 14. The van der Waals surface area contributed by atoms with Crippen molar-refractivity contribution in [2.45, 2.75) is 292 Å². The molecule has 5 aliphatic carbocycles. The molecule has 6 aliphatic heterocycles. The van der Waals surface area contributed by atoms with E-state index in [4.69, 9.17) is 56.8 Å². The van der Waals surface area contributed by atoms with Crippen LogP contribution in [0.5, 0.6) is 0 Å². The molecule has 0 aromatic carbocycles. The molecule has 0 aromatic heterocycles. The fraction of sp³-hybridized carbons (Fsp3) is 0.952. The molecular weight excluding hydrogens is 1220 g/mol. The van der Waals surface area contributed by atoms with Crippen molar-refractivity contribution >= 4 is 5.97 Å². The van der Waals surface area contributed by atoms with Gasteiger partial charge in [0.1, 0.15) is 116 Å². The molecule has 0 unspecified atom stereocenters. The Hall–Kier alpha value is -1.87. The Labute approximate surface area is 534 Å². The van der Waals surface area contributed by atoms with Crippen molar-refractivity contribution in [2.24, 2.45) is 50.2 Å². The summed E-state index contributed by atoms with van der Waals surface area (Å²) in [6, 6.07) is 0. The van der Waals surface area contributed by atoms with Gasteiger partial charge < -0.3 is 139 Å². The van der Waals surface area contributed by atoms with E-state index >= 15 is 4.79 Å². The zero-order valence-corrected chi connectivity index (χ0v) is 53.5. The smallest absolute Gasteiger partial charge is 0.315 e. The van der Waals surface area contributed by atoms with Crippen molar-refractivity contribution in [2.75, 3.05) is 33.0 Å². The van der Waals surface area contributed by atoms with E-state index in [1.54, 1.807) is 0 Å². The molecule has 0 amide bonds. The molecule has 29 heteroatoms. The number of ether oxygens (including phenoxy) is 12. The molecule has 6 heterocycles. The van der Waals surface area contributed by atoms with Gasteiger partial charge >= 0.3 is 5.97 Å². The van der Waals surface area contributed by atoms with Crippen LogP contribution in [0.2, 0.25) is 0 Å². The first-order chi connectivity index (χ1) is 43.2. The summed E-state index contributed by atoms with van der Waals surface area (Å²) in [6.45, 7) is 14.5. The summed E-state index contributed by atoms with van der Waals surface area (Å²) in [4.78, 5) is 15.6. The molecule has 0 bridgehead atoms. The number of aliphatic hydroxyl groups is 16. The Bertz CT molecular complexity index is 2580. The second-order valence-electron chi connectivity index (χ2n) is 30.5. The number of aliphatic hydroxyl groups excluding tert-OH is 16. The quantitative estimate of drug-likeness (QED) is 0.0457. The predicted molar refractivity (Wildman–Crippen MR) is 309 cm³/mol. The van der Waals surface area contributed by atoms with Gasteiger partial charge in [0.15, 0.2) is 37.6 Å². The predicted octanol–water partition coefficient (Wildman–Crippen LogP) is -3.44. The van der Waals surface area contributed by atoms with E-state index in [1.807, 2.05) is 0 Å². The Kier molecular flexibility index (Phi) is 20.7. The van der Waals surface area contributed by atoms with E-state index in [-0.39, 0.29) is 34.0 Å². The topological polar surface area (TPSA) is 452 Å². The van der Waals surface area contributed by atoms with Gasteiger partial charge in [-0.05, 0) is 116 Å². The van der Waals surface area contributed by atoms with Crippen LogP contribution in [0, 0.1) is 50.2 Å². The Morgan fingerprint density at radius 2 is 1.00 bits per heavy atom. The number of fused-ring (bicyclic) bond motifs is 7. The molecule has 0 spiro atoms. The summed E-state index contributed by atoms with van der Waals surface area (Å²) in [6.07, 6.45) is -35.8. The van der Waals surface area contributed by atoms with Gasteiger partial charge in [0, 0.05) is 0 Å². The molecule has 92 heavy (non-hydrogen) atoms. The van der Waals surface area contributed by atoms with Crippen LogP contribution < -0.4 is 0 Å². The fourth-order valence-electron chi connectivity index (χ4n) is 18.6. The van der Waals surface area contributed by atoms with Gasteiger partial charge in [-0.2, -0.15) is 0 Å². The highest BCUT2D eigenvalue weighted by molar-refractivity contribution is 5.79. The second kappa shape index (κ2) is 26.7. The molecular formula is C63H102O29. The average molecular weight is 1320 g/mol. The fourth-order valence-corrected chi connectivity index (χ4v) is 18.6. The Morgan fingerprint density at radius 3 is 1.61 bits per heavy atom. The number of hydrogen-bond acceptors (Lipinski definition) is 29. The van der Waals surface area contributed by atoms with E-state index in [2.05, 4.69) is 54.5 Å². The molecule has 16 N–H and O–H groups in total. The molecule has 11 aliphatic rings. The lowest BCUT2D eigenvalue weighted by Gasteiger charge is -2.71. The first-order valence-corrected chi connectivity index (χ1v) is 32.9. The highest BCUT2D eigenvalue weighted by atomic mass is 16.8. The largest absolute Gasteiger partial charge is 0.432 e. The molecule has 35 atom stereocenters. The van der Waals surface area contributed by atoms with Crippen molar-refractivity contribution in [3.63, 3.8) is 0 Å². The molecule has 11 rings (SSSR count). The highest BCUT2D eigenvalue weighted by Gasteiger charge is 2.71. The second-order valence-corrected chi connectivity index (χ2v) is 30.5. The van der Waals surface area contributed by atoms with E-state index < -0.39 is 227 Å². The summed E-state index contributed by atoms with van der Waals surface area (Å²) in [5.41, 5.74) is -1.57. The monoisotopic (exact) mass is 1320 g/mol. The van der Waals surface area contributed by atoms with Crippen LogP contribution >= 0.6 is 0 Å². The summed E-state index contributed by atoms with van der Waals surface area (Å²) in [5, 5.41) is 173. The van der Waals surface area contributed by atoms with Gasteiger partial charge in [0.25, 0.3) is 0 Å². The standard InChI is InChI=1S/C63H102O29/c1-25-47(88-51-43(76)36(69)28(66)22-81-51)48(89-52-44(77)37(70)29(67)23-82-52)46(79)54(84-25)90-49-38(71)30(68)24-83-55(49)92-57(80)63-17-15-58(2,3)19-27(63)26-9-10-34-60(6)13-12-35(59(4,5)33(60)11-14-62(34,8)61(26,7)16-18-63)87-56-50(42(75)40(73)32(21-65)86-56)91-53-45(78)41(74)39(72)31(20-64)85-53/h9,25,27-56,64-79H,10-24H2,1-8H3/t25-,27-,28+,29+,30-,31+,32+,33-,34+,35-,36-,37-,38-,39+,40+,41-,42-,43+,44+,45+,46+,47-,48-,49+,50+,51-,52-,53-,54-,55-,56-,60-,61+,62+,63-/m0/s1. The van der Waals surface area contributed by atoms with E-state index in [9.17, 15) is 81.7 Å². The molecule has 0 aromatic rings. The minimum absolute atomic E-state index is 0.0732. The van der Waals surface area contributed by atoms with Gasteiger partial charge in [-0.1, -0.05) is 60.1 Å². The number of carbonyl (C=O) groups is 1. The van der Waals surface area contributed by atoms with Crippen LogP contribution in [0.4, 0.5) is 0 Å². The molecule has 29 nitrogen and oxygen atoms in total. The lowest BCUT2D eigenvalue weighted by Crippen LogP contribution is -2.67. The molecule has 0 radical (unpaired) electrons. The summed E-state index contributed by atoms with van der Waals surface area (Å²) < 4.78 is 72.8. The summed E-state index contributed by atoms with van der Waals surface area (Å²) in [5.74, 6) is -0.650. The van der Waals surface area contributed by atoms with Gasteiger partial charge in [-0.15, -0.1) is 0 Å². The van der Waals surface area contributed by atoms with Gasteiger partial charge in [-0.25, -0.2) is 0 Å². The van der Waals surface area contributed by atoms with Crippen LogP contribution in [0.15, 0.2) is 11.6 Å². The molecule has 6 saturated heterocycles. The average Bonchev–Trinajstić information content (AvgIpc) is 0.677. The molecule has 528 valence electrons. The third-order valence-corrected chi connectivity index (χ3v) is 24.4. The van der Waals surface area contributed by atoms with E-state index in [0.717, 1.165) is 19.3 Å². The third-order valence-electron chi connectivity index (χ3n) is 24.4. The van der Waals surface area contributed by atoms with Crippen LogP contribution in [0.1, 0.15) is 120 Å². The third kappa shape index (κ3) is 12.2. The number of esters is 1. The number of allylic oxidation sites excluding steroid dienone is 2.